The van der Waals surface area contributed by atoms with Crippen LogP contribution in [0.1, 0.15) is 11.1 Å². The van der Waals surface area contributed by atoms with E-state index in [2.05, 4.69) is 34.5 Å². The molecule has 0 unspecified atom stereocenters. The van der Waals surface area contributed by atoms with Crippen molar-refractivity contribution in [3.63, 3.8) is 0 Å². The van der Waals surface area contributed by atoms with E-state index in [0.717, 1.165) is 59.0 Å². The Kier molecular flexibility index (Phi) is 7.00. The molecule has 30 heavy (non-hydrogen) atoms. The molecule has 1 saturated heterocycles. The number of nitrogens with one attached hydrogen (secondary N) is 1. The summed E-state index contributed by atoms with van der Waals surface area (Å²) >= 11 is 12.4. The molecule has 1 heterocycles. The van der Waals surface area contributed by atoms with Crippen molar-refractivity contribution in [3.05, 3.63) is 87.9 Å². The molecule has 1 aliphatic rings. The third-order valence-corrected chi connectivity index (χ3v) is 5.59. The Morgan fingerprint density at radius 2 is 1.57 bits per heavy atom. The number of hydrogen-bond acceptors (Lipinski definition) is 4. The minimum atomic E-state index is 0.517. The molecule has 0 amide bonds. The fourth-order valence-electron chi connectivity index (χ4n) is 3.33. The molecule has 156 valence electrons. The second-order valence-electron chi connectivity index (χ2n) is 7.18. The summed E-state index contributed by atoms with van der Waals surface area (Å²) in [5, 5.41) is 4.92. The van der Waals surface area contributed by atoms with Crippen molar-refractivity contribution in [2.24, 2.45) is 0 Å². The van der Waals surface area contributed by atoms with Crippen molar-refractivity contribution in [2.75, 3.05) is 36.5 Å². The number of halogens is 2. The Labute approximate surface area is 187 Å². The van der Waals surface area contributed by atoms with E-state index in [9.17, 15) is 0 Å². The highest BCUT2D eigenvalue weighted by molar-refractivity contribution is 6.33. The van der Waals surface area contributed by atoms with Crippen LogP contribution in [0.2, 0.25) is 10.0 Å². The van der Waals surface area contributed by atoms with Crippen LogP contribution < -0.4 is 15.0 Å². The Morgan fingerprint density at radius 3 is 2.27 bits per heavy atom. The van der Waals surface area contributed by atoms with E-state index in [-0.39, 0.29) is 0 Å². The van der Waals surface area contributed by atoms with E-state index < -0.39 is 0 Å². The molecule has 0 saturated carbocycles. The topological polar surface area (TPSA) is 33.7 Å². The van der Waals surface area contributed by atoms with Gasteiger partial charge in [0.2, 0.25) is 0 Å². The van der Waals surface area contributed by atoms with Gasteiger partial charge in [-0.05, 0) is 53.6 Å². The summed E-state index contributed by atoms with van der Waals surface area (Å²) in [6, 6.07) is 21.9. The van der Waals surface area contributed by atoms with Gasteiger partial charge in [0, 0.05) is 30.3 Å². The van der Waals surface area contributed by atoms with Gasteiger partial charge in [-0.15, -0.1) is 0 Å². The van der Waals surface area contributed by atoms with Crippen molar-refractivity contribution in [2.45, 2.75) is 13.2 Å². The van der Waals surface area contributed by atoms with Crippen LogP contribution in [0, 0.1) is 0 Å². The summed E-state index contributed by atoms with van der Waals surface area (Å²) in [7, 11) is 0. The lowest BCUT2D eigenvalue weighted by molar-refractivity contribution is 0.122. The van der Waals surface area contributed by atoms with E-state index >= 15 is 0 Å². The van der Waals surface area contributed by atoms with Crippen LogP contribution >= 0.6 is 23.2 Å². The third-order valence-electron chi connectivity index (χ3n) is 5.04. The maximum absolute atomic E-state index is 6.51. The predicted molar refractivity (Wildman–Crippen MR) is 124 cm³/mol. The first-order chi connectivity index (χ1) is 14.7. The second kappa shape index (κ2) is 10.1. The minimum Gasteiger partial charge on any atom is -0.489 e. The van der Waals surface area contributed by atoms with Crippen molar-refractivity contribution < 1.29 is 9.47 Å². The van der Waals surface area contributed by atoms with Crippen molar-refractivity contribution in [1.82, 2.24) is 0 Å². The van der Waals surface area contributed by atoms with Crippen molar-refractivity contribution in [1.29, 1.82) is 0 Å². The quantitative estimate of drug-likeness (QED) is 0.484. The molecule has 6 heteroatoms. The lowest BCUT2D eigenvalue weighted by Crippen LogP contribution is -2.36. The van der Waals surface area contributed by atoms with Gasteiger partial charge >= 0.3 is 0 Å². The average molecular weight is 443 g/mol. The maximum Gasteiger partial charge on any atom is 0.119 e. The zero-order chi connectivity index (χ0) is 20.8. The van der Waals surface area contributed by atoms with Gasteiger partial charge < -0.3 is 19.7 Å². The van der Waals surface area contributed by atoms with Crippen LogP contribution in [0.4, 0.5) is 11.4 Å². The number of nitrogens with zero attached hydrogens (tertiary/aromatic N) is 1. The number of ether oxygens (including phenoxy) is 2. The summed E-state index contributed by atoms with van der Waals surface area (Å²) in [5.41, 5.74) is 4.32. The van der Waals surface area contributed by atoms with Gasteiger partial charge in [0.15, 0.2) is 0 Å². The van der Waals surface area contributed by atoms with Gasteiger partial charge in [0.05, 0.1) is 23.9 Å². The zero-order valence-electron chi connectivity index (χ0n) is 16.6. The number of rotatable bonds is 7. The van der Waals surface area contributed by atoms with Crippen LogP contribution in [-0.2, 0) is 17.9 Å². The van der Waals surface area contributed by atoms with Crippen LogP contribution in [0.5, 0.6) is 5.75 Å². The summed E-state index contributed by atoms with van der Waals surface area (Å²) in [4.78, 5) is 2.26. The normalized spacial score (nSPS) is 13.9. The molecule has 0 aromatic heterocycles. The average Bonchev–Trinajstić information content (AvgIpc) is 2.79. The standard InChI is InChI=1S/C24H24Cl2N2O2/c25-20-5-1-19(2-6-20)17-30-22-8-3-18(4-9-22)16-27-21-7-10-24(23(26)15-21)28-11-13-29-14-12-28/h1-10,15,27H,11-14,16-17H2. The summed E-state index contributed by atoms with van der Waals surface area (Å²) in [5.74, 6) is 0.839. The smallest absolute Gasteiger partial charge is 0.119 e. The molecule has 0 spiro atoms. The third kappa shape index (κ3) is 5.60. The van der Waals surface area contributed by atoms with Crippen LogP contribution in [0.25, 0.3) is 0 Å². The first-order valence-corrected chi connectivity index (χ1v) is 10.8. The lowest BCUT2D eigenvalue weighted by Gasteiger charge is -2.29. The number of hydrogen-bond donors (Lipinski definition) is 1. The van der Waals surface area contributed by atoms with Gasteiger partial charge in [-0.25, -0.2) is 0 Å². The van der Waals surface area contributed by atoms with Gasteiger partial charge in [-0.1, -0.05) is 47.5 Å². The number of morpholine rings is 1. The highest BCUT2D eigenvalue weighted by Crippen LogP contribution is 2.29. The molecule has 0 atom stereocenters. The Hall–Kier alpha value is -2.40. The highest BCUT2D eigenvalue weighted by Gasteiger charge is 2.14. The fraction of sp³-hybridized carbons (Fsp3) is 0.250. The van der Waals surface area contributed by atoms with Gasteiger partial charge in [-0.2, -0.15) is 0 Å². The van der Waals surface area contributed by atoms with E-state index in [0.29, 0.717) is 13.2 Å². The molecule has 3 aromatic rings. The van der Waals surface area contributed by atoms with E-state index in [4.69, 9.17) is 32.7 Å². The molecule has 1 aliphatic heterocycles. The van der Waals surface area contributed by atoms with Gasteiger partial charge in [-0.3, -0.25) is 0 Å². The summed E-state index contributed by atoms with van der Waals surface area (Å²) in [6.45, 7) is 4.47. The molecule has 4 rings (SSSR count). The maximum atomic E-state index is 6.51. The van der Waals surface area contributed by atoms with E-state index in [1.165, 1.54) is 5.56 Å². The molecule has 1 N–H and O–H groups in total. The first-order valence-electron chi connectivity index (χ1n) is 10.00. The monoisotopic (exact) mass is 442 g/mol. The molecular weight excluding hydrogens is 419 g/mol. The van der Waals surface area contributed by atoms with Crippen LogP contribution in [0.15, 0.2) is 66.7 Å². The predicted octanol–water partition coefficient (Wildman–Crippen LogP) is 6.02. The highest BCUT2D eigenvalue weighted by atomic mass is 35.5. The second-order valence-corrected chi connectivity index (χ2v) is 8.02. The lowest BCUT2D eigenvalue weighted by atomic mass is 10.2. The molecule has 1 fully saturated rings. The molecular formula is C24H24Cl2N2O2. The van der Waals surface area contributed by atoms with Gasteiger partial charge in [0.1, 0.15) is 12.4 Å². The van der Waals surface area contributed by atoms with E-state index in [1.807, 2.05) is 42.5 Å². The van der Waals surface area contributed by atoms with Crippen molar-refractivity contribution >= 4 is 34.6 Å². The van der Waals surface area contributed by atoms with Crippen LogP contribution in [0.3, 0.4) is 0 Å². The molecule has 4 nitrogen and oxygen atoms in total. The first kappa shape index (κ1) is 20.9. The number of anilines is 2. The molecule has 0 radical (unpaired) electrons. The number of benzene rings is 3. The Balaban J connectivity index is 1.29. The largest absolute Gasteiger partial charge is 0.489 e. The zero-order valence-corrected chi connectivity index (χ0v) is 18.1. The van der Waals surface area contributed by atoms with Crippen LogP contribution in [-0.4, -0.2) is 26.3 Å². The fourth-order valence-corrected chi connectivity index (χ4v) is 3.76. The summed E-state index contributed by atoms with van der Waals surface area (Å²) in [6.07, 6.45) is 0. The van der Waals surface area contributed by atoms with Gasteiger partial charge in [0.25, 0.3) is 0 Å². The summed E-state index contributed by atoms with van der Waals surface area (Å²) < 4.78 is 11.3. The molecule has 3 aromatic carbocycles. The van der Waals surface area contributed by atoms with E-state index in [1.54, 1.807) is 0 Å². The van der Waals surface area contributed by atoms with Crippen molar-refractivity contribution in [3.8, 4) is 5.75 Å². The molecule has 0 bridgehead atoms. The molecule has 0 aliphatic carbocycles. The Morgan fingerprint density at radius 1 is 0.867 bits per heavy atom. The SMILES string of the molecule is Clc1ccc(COc2ccc(CNc3ccc(N4CCOCC4)c(Cl)c3)cc2)cc1. The minimum absolute atomic E-state index is 0.517. The Bertz CT molecular complexity index is 956.